The Morgan fingerprint density at radius 2 is 1.90 bits per heavy atom. The Balaban J connectivity index is 1.57. The molecule has 0 aromatic heterocycles. The standard InChI is InChI=1S/C22H23ClN2O5/c1-3-28-16-7-5-15(6-8-16)22(2)20(26)25(21(27)24-22)13-14-11-17(23)19-18(12-14)29-9-4-10-30-19/h5-8,11-12H,3-4,9-10,13H2,1-2H3,(H,24,27)/t22-/m1/s1. The van der Waals surface area contributed by atoms with Gasteiger partial charge in [-0.05, 0) is 49.2 Å². The number of fused-ring (bicyclic) bond motifs is 1. The highest BCUT2D eigenvalue weighted by Crippen LogP contribution is 2.39. The molecule has 2 aromatic carbocycles. The quantitative estimate of drug-likeness (QED) is 0.729. The number of ether oxygens (including phenoxy) is 3. The third-order valence-corrected chi connectivity index (χ3v) is 5.50. The van der Waals surface area contributed by atoms with E-state index in [9.17, 15) is 9.59 Å². The second-order valence-corrected chi connectivity index (χ2v) is 7.77. The molecule has 1 N–H and O–H groups in total. The van der Waals surface area contributed by atoms with E-state index < -0.39 is 11.6 Å². The van der Waals surface area contributed by atoms with Crippen LogP contribution in [0.3, 0.4) is 0 Å². The molecular formula is C22H23ClN2O5. The molecule has 0 spiro atoms. The molecule has 3 amide bonds. The van der Waals surface area contributed by atoms with Crippen LogP contribution in [0, 0.1) is 0 Å². The lowest BCUT2D eigenvalue weighted by Gasteiger charge is -2.22. The molecule has 7 nitrogen and oxygen atoms in total. The summed E-state index contributed by atoms with van der Waals surface area (Å²) in [6, 6.07) is 10.2. The number of imide groups is 1. The average molecular weight is 431 g/mol. The van der Waals surface area contributed by atoms with E-state index in [4.69, 9.17) is 25.8 Å². The van der Waals surface area contributed by atoms with Gasteiger partial charge in [-0.25, -0.2) is 4.79 Å². The number of nitrogens with zero attached hydrogens (tertiary/aromatic N) is 1. The highest BCUT2D eigenvalue weighted by Gasteiger charge is 2.49. The second kappa shape index (κ2) is 8.07. The van der Waals surface area contributed by atoms with E-state index in [1.165, 1.54) is 4.90 Å². The van der Waals surface area contributed by atoms with E-state index in [2.05, 4.69) is 5.32 Å². The summed E-state index contributed by atoms with van der Waals surface area (Å²) < 4.78 is 16.8. The molecule has 0 radical (unpaired) electrons. The van der Waals surface area contributed by atoms with Gasteiger partial charge in [-0.3, -0.25) is 9.69 Å². The van der Waals surface area contributed by atoms with Gasteiger partial charge in [-0.1, -0.05) is 23.7 Å². The van der Waals surface area contributed by atoms with Gasteiger partial charge in [-0.2, -0.15) is 0 Å². The van der Waals surface area contributed by atoms with E-state index in [1.807, 2.05) is 6.92 Å². The van der Waals surface area contributed by atoms with Gasteiger partial charge in [0.05, 0.1) is 31.4 Å². The monoisotopic (exact) mass is 430 g/mol. The van der Waals surface area contributed by atoms with Crippen molar-refractivity contribution in [3.63, 3.8) is 0 Å². The molecule has 8 heteroatoms. The number of benzene rings is 2. The lowest BCUT2D eigenvalue weighted by atomic mass is 9.92. The summed E-state index contributed by atoms with van der Waals surface area (Å²) in [5.74, 6) is 1.39. The van der Waals surface area contributed by atoms with E-state index >= 15 is 0 Å². The Hall–Kier alpha value is -2.93. The first-order valence-corrected chi connectivity index (χ1v) is 10.3. The molecule has 2 aromatic rings. The highest BCUT2D eigenvalue weighted by atomic mass is 35.5. The zero-order valence-corrected chi connectivity index (χ0v) is 17.6. The molecule has 1 atom stereocenters. The van der Waals surface area contributed by atoms with Crippen LogP contribution in [0.2, 0.25) is 5.02 Å². The SMILES string of the molecule is CCOc1ccc([C@@]2(C)NC(=O)N(Cc3cc(Cl)c4c(c3)OCCCO4)C2=O)cc1. The van der Waals surface area contributed by atoms with Crippen LogP contribution in [-0.2, 0) is 16.9 Å². The minimum atomic E-state index is -1.16. The molecular weight excluding hydrogens is 408 g/mol. The summed E-state index contributed by atoms with van der Waals surface area (Å²) in [5.41, 5.74) is 0.212. The van der Waals surface area contributed by atoms with E-state index in [0.29, 0.717) is 53.2 Å². The predicted octanol–water partition coefficient (Wildman–Crippen LogP) is 3.87. The molecule has 0 aliphatic carbocycles. The number of hydrogen-bond acceptors (Lipinski definition) is 5. The molecule has 4 rings (SSSR count). The summed E-state index contributed by atoms with van der Waals surface area (Å²) >= 11 is 6.35. The summed E-state index contributed by atoms with van der Waals surface area (Å²) in [5, 5.41) is 3.21. The first kappa shape index (κ1) is 20.3. The number of rotatable bonds is 5. The molecule has 158 valence electrons. The van der Waals surface area contributed by atoms with Crippen molar-refractivity contribution < 1.29 is 23.8 Å². The van der Waals surface area contributed by atoms with Crippen LogP contribution in [0.5, 0.6) is 17.2 Å². The van der Waals surface area contributed by atoms with Gasteiger partial charge in [0.25, 0.3) is 5.91 Å². The first-order valence-electron chi connectivity index (χ1n) is 9.88. The van der Waals surface area contributed by atoms with Crippen molar-refractivity contribution in [3.05, 3.63) is 52.5 Å². The van der Waals surface area contributed by atoms with Crippen LogP contribution in [-0.4, -0.2) is 36.7 Å². The Morgan fingerprint density at radius 3 is 2.63 bits per heavy atom. The van der Waals surface area contributed by atoms with Gasteiger partial charge < -0.3 is 19.5 Å². The van der Waals surface area contributed by atoms with E-state index in [-0.39, 0.29) is 12.5 Å². The van der Waals surface area contributed by atoms with Crippen molar-refractivity contribution in [2.75, 3.05) is 19.8 Å². The normalized spacial score (nSPS) is 20.7. The van der Waals surface area contributed by atoms with Crippen molar-refractivity contribution in [1.82, 2.24) is 10.2 Å². The smallest absolute Gasteiger partial charge is 0.325 e. The summed E-state index contributed by atoms with van der Waals surface area (Å²) in [6.07, 6.45) is 0.758. The number of nitrogens with one attached hydrogen (secondary N) is 1. The number of amides is 3. The Morgan fingerprint density at radius 1 is 1.17 bits per heavy atom. The molecule has 1 saturated heterocycles. The lowest BCUT2D eigenvalue weighted by Crippen LogP contribution is -2.40. The zero-order chi connectivity index (χ0) is 21.3. The fourth-order valence-electron chi connectivity index (χ4n) is 3.65. The maximum absolute atomic E-state index is 13.2. The summed E-state index contributed by atoms with van der Waals surface area (Å²) in [4.78, 5) is 27.0. The summed E-state index contributed by atoms with van der Waals surface area (Å²) in [7, 11) is 0. The largest absolute Gasteiger partial charge is 0.494 e. The fraction of sp³-hybridized carbons (Fsp3) is 0.364. The van der Waals surface area contributed by atoms with Crippen molar-refractivity contribution in [2.24, 2.45) is 0 Å². The average Bonchev–Trinajstić information content (AvgIpc) is 2.89. The van der Waals surface area contributed by atoms with Gasteiger partial charge in [0, 0.05) is 6.42 Å². The van der Waals surface area contributed by atoms with Crippen molar-refractivity contribution in [2.45, 2.75) is 32.4 Å². The molecule has 0 bridgehead atoms. The van der Waals surface area contributed by atoms with Crippen molar-refractivity contribution in [3.8, 4) is 17.2 Å². The van der Waals surface area contributed by atoms with Crippen LogP contribution in [0.25, 0.3) is 0 Å². The second-order valence-electron chi connectivity index (χ2n) is 7.36. The topological polar surface area (TPSA) is 77.1 Å². The number of hydrogen-bond donors (Lipinski definition) is 1. The number of carbonyl (C=O) groups is 2. The first-order chi connectivity index (χ1) is 14.4. The zero-order valence-electron chi connectivity index (χ0n) is 16.9. The van der Waals surface area contributed by atoms with Crippen LogP contribution in [0.15, 0.2) is 36.4 Å². The number of urea groups is 1. The molecule has 2 aliphatic heterocycles. The minimum absolute atomic E-state index is 0.0770. The fourth-order valence-corrected chi connectivity index (χ4v) is 3.93. The predicted molar refractivity (Wildman–Crippen MR) is 111 cm³/mol. The van der Waals surface area contributed by atoms with Gasteiger partial charge in [0.15, 0.2) is 11.5 Å². The van der Waals surface area contributed by atoms with Gasteiger partial charge in [0.2, 0.25) is 0 Å². The van der Waals surface area contributed by atoms with E-state index in [0.717, 1.165) is 6.42 Å². The van der Waals surface area contributed by atoms with Crippen LogP contribution in [0.4, 0.5) is 4.79 Å². The third-order valence-electron chi connectivity index (χ3n) is 5.22. The van der Waals surface area contributed by atoms with Crippen molar-refractivity contribution >= 4 is 23.5 Å². The molecule has 1 fully saturated rings. The minimum Gasteiger partial charge on any atom is -0.494 e. The maximum Gasteiger partial charge on any atom is 0.325 e. The Kier molecular flexibility index (Phi) is 5.47. The molecule has 30 heavy (non-hydrogen) atoms. The molecule has 2 aliphatic rings. The Bertz CT molecular complexity index is 978. The van der Waals surface area contributed by atoms with Crippen LogP contribution < -0.4 is 19.5 Å². The highest BCUT2D eigenvalue weighted by molar-refractivity contribution is 6.32. The van der Waals surface area contributed by atoms with Crippen LogP contribution in [0.1, 0.15) is 31.4 Å². The van der Waals surface area contributed by atoms with Crippen LogP contribution >= 0.6 is 11.6 Å². The van der Waals surface area contributed by atoms with Crippen molar-refractivity contribution in [1.29, 1.82) is 0 Å². The molecule has 2 heterocycles. The van der Waals surface area contributed by atoms with E-state index in [1.54, 1.807) is 43.3 Å². The number of halogens is 1. The molecule has 0 saturated carbocycles. The molecule has 0 unspecified atom stereocenters. The Labute approximate surface area is 179 Å². The lowest BCUT2D eigenvalue weighted by molar-refractivity contribution is -0.131. The summed E-state index contributed by atoms with van der Waals surface area (Å²) in [6.45, 7) is 5.28. The maximum atomic E-state index is 13.2. The van der Waals surface area contributed by atoms with Gasteiger partial charge >= 0.3 is 6.03 Å². The van der Waals surface area contributed by atoms with Gasteiger partial charge in [-0.15, -0.1) is 0 Å². The van der Waals surface area contributed by atoms with Gasteiger partial charge in [0.1, 0.15) is 11.3 Å². The third kappa shape index (κ3) is 3.65. The number of carbonyl (C=O) groups excluding carboxylic acids is 2.